The van der Waals surface area contributed by atoms with Crippen LogP contribution in [-0.2, 0) is 14.3 Å². The van der Waals surface area contributed by atoms with Crippen molar-refractivity contribution in [2.24, 2.45) is 4.99 Å². The maximum Gasteiger partial charge on any atom is 0.330 e. The van der Waals surface area contributed by atoms with Crippen LogP contribution in [-0.4, -0.2) is 25.2 Å². The van der Waals surface area contributed by atoms with E-state index in [1.807, 2.05) is 0 Å². The monoisotopic (exact) mass is 155 g/mol. The highest BCUT2D eigenvalue weighted by Crippen LogP contribution is 1.81. The van der Waals surface area contributed by atoms with E-state index in [0.29, 0.717) is 0 Å². The summed E-state index contributed by atoms with van der Waals surface area (Å²) in [6.45, 7) is 2.01. The first-order valence-corrected chi connectivity index (χ1v) is 3.14. The molecule has 0 N–H and O–H groups in total. The Morgan fingerprint density at radius 1 is 1.73 bits per heavy atom. The SMILES string of the molecule is C/C=C/C(=O)OCCN=C=O. The molecule has 0 heterocycles. The predicted octanol–water partition coefficient (Wildman–Crippen LogP) is 0.442. The van der Waals surface area contributed by atoms with Gasteiger partial charge in [0.1, 0.15) is 6.61 Å². The van der Waals surface area contributed by atoms with Crippen molar-refractivity contribution in [3.63, 3.8) is 0 Å². The number of hydrogen-bond acceptors (Lipinski definition) is 4. The summed E-state index contributed by atoms with van der Waals surface area (Å²) < 4.78 is 4.59. The maximum absolute atomic E-state index is 10.6. The van der Waals surface area contributed by atoms with Crippen LogP contribution in [0, 0.1) is 0 Å². The second-order valence-electron chi connectivity index (χ2n) is 1.64. The van der Waals surface area contributed by atoms with E-state index < -0.39 is 5.97 Å². The Morgan fingerprint density at radius 3 is 3.00 bits per heavy atom. The van der Waals surface area contributed by atoms with E-state index >= 15 is 0 Å². The second kappa shape index (κ2) is 6.71. The summed E-state index contributed by atoms with van der Waals surface area (Å²) in [4.78, 5) is 23.3. The van der Waals surface area contributed by atoms with Gasteiger partial charge >= 0.3 is 5.97 Å². The summed E-state index contributed by atoms with van der Waals surface area (Å²) in [5.74, 6) is -0.423. The molecule has 0 aromatic heterocycles. The van der Waals surface area contributed by atoms with Crippen LogP contribution in [0.3, 0.4) is 0 Å². The standard InChI is InChI=1S/C7H9NO3/c1-2-3-7(10)11-5-4-8-6-9/h2-3H,4-5H2,1H3/b3-2+. The van der Waals surface area contributed by atoms with Crippen LogP contribution in [0.25, 0.3) is 0 Å². The molecule has 0 bridgehead atoms. The molecule has 0 atom stereocenters. The van der Waals surface area contributed by atoms with Gasteiger partial charge in [0, 0.05) is 6.08 Å². The first-order chi connectivity index (χ1) is 5.31. The zero-order chi connectivity index (χ0) is 8.53. The minimum absolute atomic E-state index is 0.123. The molecule has 0 fully saturated rings. The van der Waals surface area contributed by atoms with Gasteiger partial charge < -0.3 is 4.74 Å². The molecule has 0 unspecified atom stereocenters. The van der Waals surface area contributed by atoms with Crippen LogP contribution in [0.15, 0.2) is 17.1 Å². The number of carbonyl (C=O) groups excluding carboxylic acids is 2. The lowest BCUT2D eigenvalue weighted by atomic mass is 10.5. The number of ether oxygens (including phenoxy) is 1. The quantitative estimate of drug-likeness (QED) is 0.194. The third-order valence-electron chi connectivity index (χ3n) is 0.815. The molecule has 0 aliphatic heterocycles. The third-order valence-corrected chi connectivity index (χ3v) is 0.815. The van der Waals surface area contributed by atoms with Crippen LogP contribution in [0.2, 0.25) is 0 Å². The second-order valence-corrected chi connectivity index (χ2v) is 1.64. The predicted molar refractivity (Wildman–Crippen MR) is 38.8 cm³/mol. The molecule has 0 saturated carbocycles. The van der Waals surface area contributed by atoms with E-state index in [1.54, 1.807) is 13.0 Å². The van der Waals surface area contributed by atoms with Crippen LogP contribution < -0.4 is 0 Å². The highest BCUT2D eigenvalue weighted by molar-refractivity contribution is 5.81. The summed E-state index contributed by atoms with van der Waals surface area (Å²) >= 11 is 0. The van der Waals surface area contributed by atoms with Gasteiger partial charge in [-0.2, -0.15) is 0 Å². The number of esters is 1. The van der Waals surface area contributed by atoms with E-state index in [9.17, 15) is 9.59 Å². The van der Waals surface area contributed by atoms with Gasteiger partial charge in [-0.25, -0.2) is 14.6 Å². The fourth-order valence-electron chi connectivity index (χ4n) is 0.422. The van der Waals surface area contributed by atoms with Crippen LogP contribution in [0.1, 0.15) is 6.92 Å². The molecule has 60 valence electrons. The number of carbonyl (C=O) groups is 1. The smallest absolute Gasteiger partial charge is 0.330 e. The number of allylic oxidation sites excluding steroid dienone is 1. The fourth-order valence-corrected chi connectivity index (χ4v) is 0.422. The van der Waals surface area contributed by atoms with Crippen molar-refractivity contribution in [3.8, 4) is 0 Å². The minimum atomic E-state index is -0.423. The molecule has 11 heavy (non-hydrogen) atoms. The van der Waals surface area contributed by atoms with E-state index in [4.69, 9.17) is 0 Å². The molecule has 0 rings (SSSR count). The summed E-state index contributed by atoms with van der Waals surface area (Å²) in [6.07, 6.45) is 4.21. The van der Waals surface area contributed by atoms with Crippen molar-refractivity contribution < 1.29 is 14.3 Å². The van der Waals surface area contributed by atoms with E-state index in [1.165, 1.54) is 12.2 Å². The average Bonchev–Trinajstić information content (AvgIpc) is 1.99. The summed E-state index contributed by atoms with van der Waals surface area (Å²) in [5, 5.41) is 0. The highest BCUT2D eigenvalue weighted by Gasteiger charge is 1.92. The largest absolute Gasteiger partial charge is 0.461 e. The molecular formula is C7H9NO3. The molecule has 0 saturated heterocycles. The average molecular weight is 155 g/mol. The van der Waals surface area contributed by atoms with Gasteiger partial charge in [-0.1, -0.05) is 6.08 Å². The lowest BCUT2D eigenvalue weighted by Gasteiger charge is -1.95. The van der Waals surface area contributed by atoms with E-state index in [-0.39, 0.29) is 13.2 Å². The fraction of sp³-hybridized carbons (Fsp3) is 0.429. The molecule has 4 nitrogen and oxygen atoms in total. The van der Waals surface area contributed by atoms with E-state index in [0.717, 1.165) is 0 Å². The van der Waals surface area contributed by atoms with Crippen molar-refractivity contribution in [2.75, 3.05) is 13.2 Å². The Kier molecular flexibility index (Phi) is 5.85. The third kappa shape index (κ3) is 6.48. The number of rotatable bonds is 4. The van der Waals surface area contributed by atoms with Gasteiger partial charge in [-0.3, -0.25) is 0 Å². The highest BCUT2D eigenvalue weighted by atomic mass is 16.5. The van der Waals surface area contributed by atoms with Crippen molar-refractivity contribution in [3.05, 3.63) is 12.2 Å². The van der Waals surface area contributed by atoms with Gasteiger partial charge in [-0.15, -0.1) is 0 Å². The Hall–Kier alpha value is -1.41. The first-order valence-electron chi connectivity index (χ1n) is 3.14. The lowest BCUT2D eigenvalue weighted by molar-refractivity contribution is -0.137. The summed E-state index contributed by atoms with van der Waals surface area (Å²) in [5.41, 5.74) is 0. The van der Waals surface area contributed by atoms with Gasteiger partial charge in [0.15, 0.2) is 0 Å². The van der Waals surface area contributed by atoms with Crippen molar-refractivity contribution in [1.29, 1.82) is 0 Å². The molecule has 0 aromatic carbocycles. The molecule has 0 aliphatic carbocycles. The minimum Gasteiger partial charge on any atom is -0.461 e. The molecule has 0 spiro atoms. The Bertz CT molecular complexity index is 192. The normalized spacial score (nSPS) is 9.18. The molecule has 0 radical (unpaired) electrons. The van der Waals surface area contributed by atoms with Crippen LogP contribution in [0.5, 0.6) is 0 Å². The van der Waals surface area contributed by atoms with Crippen molar-refractivity contribution in [1.82, 2.24) is 0 Å². The number of nitrogens with zero attached hydrogens (tertiary/aromatic N) is 1. The molecule has 0 aromatic rings. The molecular weight excluding hydrogens is 146 g/mol. The Labute approximate surface area is 64.6 Å². The van der Waals surface area contributed by atoms with Crippen molar-refractivity contribution >= 4 is 12.0 Å². The number of aliphatic imine (C=N–C) groups is 1. The van der Waals surface area contributed by atoms with Gasteiger partial charge in [0.25, 0.3) is 0 Å². The van der Waals surface area contributed by atoms with Crippen LogP contribution >= 0.6 is 0 Å². The van der Waals surface area contributed by atoms with Gasteiger partial charge in [0.2, 0.25) is 6.08 Å². The number of isocyanates is 1. The topological polar surface area (TPSA) is 55.7 Å². The zero-order valence-electron chi connectivity index (χ0n) is 6.24. The van der Waals surface area contributed by atoms with Crippen molar-refractivity contribution in [2.45, 2.75) is 6.92 Å². The summed E-state index contributed by atoms with van der Waals surface area (Å²) in [6, 6.07) is 0. The zero-order valence-corrected chi connectivity index (χ0v) is 6.24. The first kappa shape index (κ1) is 9.59. The lowest BCUT2D eigenvalue weighted by Crippen LogP contribution is -2.04. The van der Waals surface area contributed by atoms with Gasteiger partial charge in [0.05, 0.1) is 6.54 Å². The molecule has 4 heteroatoms. The van der Waals surface area contributed by atoms with Crippen LogP contribution in [0.4, 0.5) is 0 Å². The number of hydrogen-bond donors (Lipinski definition) is 0. The maximum atomic E-state index is 10.6. The van der Waals surface area contributed by atoms with Gasteiger partial charge in [-0.05, 0) is 6.92 Å². The summed E-state index contributed by atoms with van der Waals surface area (Å²) in [7, 11) is 0. The Morgan fingerprint density at radius 2 is 2.45 bits per heavy atom. The van der Waals surface area contributed by atoms with E-state index in [2.05, 4.69) is 9.73 Å². The Balaban J connectivity index is 3.38. The molecule has 0 amide bonds. The molecule has 0 aliphatic rings.